The normalized spacial score (nSPS) is 22.7. The van der Waals surface area contributed by atoms with Crippen molar-refractivity contribution in [2.45, 2.75) is 32.3 Å². The molecule has 1 heterocycles. The lowest BCUT2D eigenvalue weighted by Crippen LogP contribution is -2.29. The van der Waals surface area contributed by atoms with Gasteiger partial charge in [-0.2, -0.15) is 0 Å². The van der Waals surface area contributed by atoms with Gasteiger partial charge in [-0.05, 0) is 31.0 Å². The number of hydrogen-bond donors (Lipinski definition) is 0. The van der Waals surface area contributed by atoms with Crippen LogP contribution in [0.3, 0.4) is 0 Å². The van der Waals surface area contributed by atoms with Gasteiger partial charge in [0, 0.05) is 6.08 Å². The van der Waals surface area contributed by atoms with Crippen LogP contribution < -0.4 is 4.74 Å². The van der Waals surface area contributed by atoms with Crippen LogP contribution in [0, 0.1) is 0 Å². The quantitative estimate of drug-likeness (QED) is 0.818. The fraction of sp³-hybridized carbons (Fsp3) is 0.400. The first kappa shape index (κ1) is 12.7. The summed E-state index contributed by atoms with van der Waals surface area (Å²) in [5, 5.41) is 0. The van der Waals surface area contributed by atoms with Crippen LogP contribution in [0.25, 0.3) is 0 Å². The predicted molar refractivity (Wildman–Crippen MR) is 69.4 cm³/mol. The molecule has 0 spiro atoms. The van der Waals surface area contributed by atoms with Gasteiger partial charge in [0.05, 0.1) is 19.3 Å². The highest BCUT2D eigenvalue weighted by Gasteiger charge is 2.32. The van der Waals surface area contributed by atoms with E-state index in [-0.39, 0.29) is 5.78 Å². The van der Waals surface area contributed by atoms with E-state index in [9.17, 15) is 4.79 Å². The Labute approximate surface area is 107 Å². The molecule has 0 saturated carbocycles. The second kappa shape index (κ2) is 5.25. The third-order valence-corrected chi connectivity index (χ3v) is 3.03. The molecule has 1 aromatic rings. The molecule has 3 heteroatoms. The zero-order valence-electron chi connectivity index (χ0n) is 10.8. The van der Waals surface area contributed by atoms with Gasteiger partial charge in [0.25, 0.3) is 0 Å². The Balaban J connectivity index is 2.13. The summed E-state index contributed by atoms with van der Waals surface area (Å²) < 4.78 is 11.1. The van der Waals surface area contributed by atoms with Crippen LogP contribution >= 0.6 is 0 Å². The summed E-state index contributed by atoms with van der Waals surface area (Å²) in [5.41, 5.74) is 0.429. The number of ether oxygens (including phenoxy) is 2. The number of ketones is 1. The van der Waals surface area contributed by atoms with E-state index in [1.54, 1.807) is 0 Å². The van der Waals surface area contributed by atoms with Crippen LogP contribution in [0.15, 0.2) is 36.6 Å². The first-order valence-corrected chi connectivity index (χ1v) is 6.24. The van der Waals surface area contributed by atoms with Crippen molar-refractivity contribution >= 4 is 5.78 Å². The molecule has 1 atom stereocenters. The van der Waals surface area contributed by atoms with Crippen LogP contribution in [-0.2, 0) is 15.1 Å². The van der Waals surface area contributed by atoms with E-state index >= 15 is 0 Å². The summed E-state index contributed by atoms with van der Waals surface area (Å²) in [6, 6.07) is 7.75. The van der Waals surface area contributed by atoms with Crippen molar-refractivity contribution in [3.63, 3.8) is 0 Å². The Morgan fingerprint density at radius 2 is 2.06 bits per heavy atom. The maximum Gasteiger partial charge on any atom is 0.163 e. The zero-order chi connectivity index (χ0) is 13.0. The van der Waals surface area contributed by atoms with E-state index < -0.39 is 5.60 Å². The lowest BCUT2D eigenvalue weighted by molar-refractivity contribution is -0.122. The molecule has 0 bridgehead atoms. The zero-order valence-corrected chi connectivity index (χ0v) is 10.8. The third-order valence-electron chi connectivity index (χ3n) is 3.03. The number of allylic oxidation sites excluding steroid dienone is 1. The molecule has 0 N–H and O–H groups in total. The van der Waals surface area contributed by atoms with Crippen molar-refractivity contribution in [3.05, 3.63) is 42.2 Å². The lowest BCUT2D eigenvalue weighted by Gasteiger charge is -2.31. The Kier molecular flexibility index (Phi) is 3.70. The highest BCUT2D eigenvalue weighted by Crippen LogP contribution is 2.33. The highest BCUT2D eigenvalue weighted by molar-refractivity contribution is 5.91. The molecular weight excluding hydrogens is 228 g/mol. The van der Waals surface area contributed by atoms with Crippen LogP contribution in [0.5, 0.6) is 5.75 Å². The van der Waals surface area contributed by atoms with Crippen molar-refractivity contribution in [2.75, 3.05) is 6.61 Å². The molecule has 0 saturated heterocycles. The Hall–Kier alpha value is -1.77. The van der Waals surface area contributed by atoms with E-state index in [0.29, 0.717) is 13.0 Å². The molecule has 1 unspecified atom stereocenters. The molecule has 1 aromatic carbocycles. The number of hydrogen-bond acceptors (Lipinski definition) is 3. The van der Waals surface area contributed by atoms with E-state index in [2.05, 4.69) is 6.92 Å². The van der Waals surface area contributed by atoms with Gasteiger partial charge >= 0.3 is 0 Å². The summed E-state index contributed by atoms with van der Waals surface area (Å²) >= 11 is 0. The minimum absolute atomic E-state index is 0.0926. The monoisotopic (exact) mass is 246 g/mol. The number of carbonyl (C=O) groups excluding carboxylic acids is 1. The average Bonchev–Trinajstić information content (AvgIpc) is 2.36. The molecule has 0 aromatic heterocycles. The van der Waals surface area contributed by atoms with Gasteiger partial charge in [-0.1, -0.05) is 19.1 Å². The van der Waals surface area contributed by atoms with E-state index in [1.807, 2.05) is 31.2 Å². The van der Waals surface area contributed by atoms with Gasteiger partial charge in [-0.3, -0.25) is 4.79 Å². The highest BCUT2D eigenvalue weighted by atomic mass is 16.5. The molecule has 2 rings (SSSR count). The smallest absolute Gasteiger partial charge is 0.163 e. The predicted octanol–water partition coefficient (Wildman–Crippen LogP) is 3.19. The van der Waals surface area contributed by atoms with Gasteiger partial charge in [-0.15, -0.1) is 0 Å². The Morgan fingerprint density at radius 1 is 1.33 bits per heavy atom. The second-order valence-corrected chi connectivity index (χ2v) is 4.67. The van der Waals surface area contributed by atoms with Gasteiger partial charge in [-0.25, -0.2) is 0 Å². The summed E-state index contributed by atoms with van der Waals surface area (Å²) in [6.07, 6.45) is 4.31. The van der Waals surface area contributed by atoms with Crippen molar-refractivity contribution in [1.29, 1.82) is 0 Å². The summed E-state index contributed by atoms with van der Waals surface area (Å²) in [5.74, 6) is 0.942. The second-order valence-electron chi connectivity index (χ2n) is 4.67. The number of benzene rings is 1. The topological polar surface area (TPSA) is 35.5 Å². The van der Waals surface area contributed by atoms with E-state index in [4.69, 9.17) is 9.47 Å². The maximum absolute atomic E-state index is 11.5. The van der Waals surface area contributed by atoms with Crippen molar-refractivity contribution in [3.8, 4) is 5.75 Å². The average molecular weight is 246 g/mol. The van der Waals surface area contributed by atoms with Gasteiger partial charge in [0.1, 0.15) is 11.4 Å². The molecule has 0 aliphatic carbocycles. The first-order valence-electron chi connectivity index (χ1n) is 6.24. The van der Waals surface area contributed by atoms with Crippen LogP contribution in [0.2, 0.25) is 0 Å². The SMILES string of the molecule is CCCOc1ccc(C2(C)CC(=O)C=CO2)cc1. The summed E-state index contributed by atoms with van der Waals surface area (Å²) in [6.45, 7) is 4.72. The van der Waals surface area contributed by atoms with Gasteiger partial charge in [0.15, 0.2) is 5.78 Å². The standard InChI is InChI=1S/C15H18O3/c1-3-9-17-14-6-4-12(5-7-14)15(2)11-13(16)8-10-18-15/h4-8,10H,3,9,11H2,1-2H3. The third kappa shape index (κ3) is 2.73. The molecule has 0 fully saturated rings. The van der Waals surface area contributed by atoms with Crippen LogP contribution in [0.4, 0.5) is 0 Å². The van der Waals surface area contributed by atoms with Gasteiger partial charge < -0.3 is 9.47 Å². The van der Waals surface area contributed by atoms with Crippen molar-refractivity contribution in [1.82, 2.24) is 0 Å². The molecule has 0 amide bonds. The molecule has 3 nitrogen and oxygen atoms in total. The largest absolute Gasteiger partial charge is 0.494 e. The van der Waals surface area contributed by atoms with Crippen molar-refractivity contribution in [2.24, 2.45) is 0 Å². The van der Waals surface area contributed by atoms with Gasteiger partial charge in [0.2, 0.25) is 0 Å². The first-order chi connectivity index (χ1) is 8.64. The molecule has 1 aliphatic heterocycles. The molecular formula is C15H18O3. The summed E-state index contributed by atoms with van der Waals surface area (Å²) in [7, 11) is 0. The van der Waals surface area contributed by atoms with E-state index in [0.717, 1.165) is 17.7 Å². The molecule has 1 aliphatic rings. The van der Waals surface area contributed by atoms with Crippen LogP contribution in [0.1, 0.15) is 32.3 Å². The Morgan fingerprint density at radius 3 is 2.67 bits per heavy atom. The summed E-state index contributed by atoms with van der Waals surface area (Å²) in [4.78, 5) is 11.5. The number of rotatable bonds is 4. The fourth-order valence-electron chi connectivity index (χ4n) is 1.99. The maximum atomic E-state index is 11.5. The fourth-order valence-corrected chi connectivity index (χ4v) is 1.99. The number of carbonyl (C=O) groups is 1. The van der Waals surface area contributed by atoms with E-state index in [1.165, 1.54) is 12.3 Å². The Bertz CT molecular complexity index is 447. The van der Waals surface area contributed by atoms with Crippen LogP contribution in [-0.4, -0.2) is 12.4 Å². The lowest BCUT2D eigenvalue weighted by atomic mass is 9.89. The minimum atomic E-state index is -0.560. The molecule has 0 radical (unpaired) electrons. The molecule has 18 heavy (non-hydrogen) atoms. The van der Waals surface area contributed by atoms with Crippen molar-refractivity contribution < 1.29 is 14.3 Å². The molecule has 96 valence electrons. The minimum Gasteiger partial charge on any atom is -0.494 e.